The summed E-state index contributed by atoms with van der Waals surface area (Å²) in [6.45, 7) is 4.08. The Morgan fingerprint density at radius 2 is 1.92 bits per heavy atom. The molecule has 1 saturated heterocycles. The molecule has 0 unspecified atom stereocenters. The average molecular weight is 354 g/mol. The van der Waals surface area contributed by atoms with Crippen LogP contribution in [-0.2, 0) is 19.6 Å². The summed E-state index contributed by atoms with van der Waals surface area (Å²) in [6, 6.07) is 5.96. The first kappa shape index (κ1) is 18.4. The first-order valence-corrected chi connectivity index (χ1v) is 9.31. The van der Waals surface area contributed by atoms with E-state index in [1.807, 2.05) is 13.8 Å². The van der Waals surface area contributed by atoms with Gasteiger partial charge < -0.3 is 10.0 Å². The Kier molecular flexibility index (Phi) is 5.61. The van der Waals surface area contributed by atoms with Crippen LogP contribution >= 0.6 is 0 Å². The summed E-state index contributed by atoms with van der Waals surface area (Å²) in [4.78, 5) is 25.0. The summed E-state index contributed by atoms with van der Waals surface area (Å²) in [7, 11) is -3.85. The van der Waals surface area contributed by atoms with Crippen molar-refractivity contribution in [2.24, 2.45) is 5.92 Å². The maximum atomic E-state index is 12.6. The van der Waals surface area contributed by atoms with E-state index in [1.54, 1.807) is 18.2 Å². The summed E-state index contributed by atoms with van der Waals surface area (Å²) in [5.41, 5.74) is 0. The molecule has 24 heavy (non-hydrogen) atoms. The lowest BCUT2D eigenvalue weighted by molar-refractivity contribution is -0.158. The van der Waals surface area contributed by atoms with Crippen LogP contribution in [0.3, 0.4) is 0 Å². The van der Waals surface area contributed by atoms with E-state index in [4.69, 9.17) is 5.11 Å². The number of aliphatic carboxylic acids is 1. The summed E-state index contributed by atoms with van der Waals surface area (Å²) >= 11 is 0. The number of amides is 1. The van der Waals surface area contributed by atoms with E-state index in [0.717, 1.165) is 0 Å². The molecule has 1 aromatic rings. The zero-order chi connectivity index (χ0) is 17.9. The van der Waals surface area contributed by atoms with E-state index in [2.05, 4.69) is 4.72 Å². The number of benzene rings is 1. The predicted octanol–water partition coefficient (Wildman–Crippen LogP) is 1.07. The van der Waals surface area contributed by atoms with E-state index in [-0.39, 0.29) is 10.8 Å². The van der Waals surface area contributed by atoms with Crippen molar-refractivity contribution in [2.45, 2.75) is 43.7 Å². The topological polar surface area (TPSA) is 104 Å². The molecule has 0 bridgehead atoms. The van der Waals surface area contributed by atoms with Crippen molar-refractivity contribution in [3.63, 3.8) is 0 Å². The number of hydrogen-bond acceptors (Lipinski definition) is 4. The van der Waals surface area contributed by atoms with E-state index in [1.165, 1.54) is 17.0 Å². The minimum atomic E-state index is -3.85. The molecule has 1 aromatic carbocycles. The molecule has 132 valence electrons. The number of nitrogens with one attached hydrogen (secondary N) is 1. The average Bonchev–Trinajstić information content (AvgIpc) is 2.45. The minimum Gasteiger partial charge on any atom is -0.480 e. The number of carbonyl (C=O) groups excluding carboxylic acids is 1. The zero-order valence-electron chi connectivity index (χ0n) is 13.7. The van der Waals surface area contributed by atoms with E-state index >= 15 is 0 Å². The first-order chi connectivity index (χ1) is 11.2. The quantitative estimate of drug-likeness (QED) is 0.762. The van der Waals surface area contributed by atoms with Crippen molar-refractivity contribution in [3.05, 3.63) is 30.3 Å². The molecule has 1 aliphatic rings. The maximum absolute atomic E-state index is 12.6. The normalized spacial score (nSPS) is 19.0. The van der Waals surface area contributed by atoms with Crippen molar-refractivity contribution in [1.29, 1.82) is 0 Å². The fraction of sp³-hybridized carbons (Fsp3) is 0.500. The molecule has 0 spiro atoms. The van der Waals surface area contributed by atoms with Gasteiger partial charge in [-0.2, -0.15) is 4.72 Å². The highest BCUT2D eigenvalue weighted by Gasteiger charge is 2.41. The highest BCUT2D eigenvalue weighted by molar-refractivity contribution is 7.89. The molecular formula is C16H22N2O5S. The van der Waals surface area contributed by atoms with Gasteiger partial charge in [0.25, 0.3) is 0 Å². The van der Waals surface area contributed by atoms with Crippen molar-refractivity contribution in [1.82, 2.24) is 9.62 Å². The Morgan fingerprint density at radius 3 is 2.38 bits per heavy atom. The molecule has 7 nitrogen and oxygen atoms in total. The third kappa shape index (κ3) is 4.12. The fourth-order valence-corrected chi connectivity index (χ4v) is 3.86. The monoisotopic (exact) mass is 354 g/mol. The smallest absolute Gasteiger partial charge is 0.326 e. The van der Waals surface area contributed by atoms with Crippen molar-refractivity contribution in [3.8, 4) is 0 Å². The minimum absolute atomic E-state index is 0.0713. The highest BCUT2D eigenvalue weighted by atomic mass is 32.2. The molecule has 1 fully saturated rings. The van der Waals surface area contributed by atoms with Crippen LogP contribution in [0.4, 0.5) is 0 Å². The van der Waals surface area contributed by atoms with Gasteiger partial charge in [-0.25, -0.2) is 13.2 Å². The Bertz CT molecular complexity index is 702. The number of carboxylic acid groups (broad SMARTS) is 1. The predicted molar refractivity (Wildman–Crippen MR) is 87.8 cm³/mol. The van der Waals surface area contributed by atoms with Crippen LogP contribution in [0.2, 0.25) is 0 Å². The van der Waals surface area contributed by atoms with Crippen LogP contribution in [-0.4, -0.2) is 48.9 Å². The molecule has 1 heterocycles. The second-order valence-corrected chi connectivity index (χ2v) is 8.00. The number of nitrogens with zero attached hydrogens (tertiary/aromatic N) is 1. The van der Waals surface area contributed by atoms with E-state index in [0.29, 0.717) is 19.4 Å². The maximum Gasteiger partial charge on any atom is 0.326 e. The van der Waals surface area contributed by atoms with E-state index in [9.17, 15) is 18.0 Å². The van der Waals surface area contributed by atoms with Crippen molar-refractivity contribution < 1.29 is 23.1 Å². The molecule has 0 aromatic heterocycles. The number of likely N-dealkylation sites (tertiary alicyclic amines) is 1. The van der Waals surface area contributed by atoms with E-state index < -0.39 is 34.0 Å². The summed E-state index contributed by atoms with van der Waals surface area (Å²) in [5.74, 6) is -1.48. The lowest BCUT2D eigenvalue weighted by atomic mass is 9.98. The molecule has 0 radical (unpaired) electrons. The third-order valence-corrected chi connectivity index (χ3v) is 5.43. The summed E-state index contributed by atoms with van der Waals surface area (Å²) < 4.78 is 27.4. The second-order valence-electron chi connectivity index (χ2n) is 6.29. The van der Waals surface area contributed by atoms with Crippen LogP contribution in [0.25, 0.3) is 0 Å². The molecular weight excluding hydrogens is 332 g/mol. The lowest BCUT2D eigenvalue weighted by Crippen LogP contribution is -2.60. The summed E-state index contributed by atoms with van der Waals surface area (Å²) in [5, 5.41) is 9.09. The standard InChI is InChI=1S/C16H22N2O5S/c1-11(2)10-13(15(19)18-9-8-14(18)16(20)21)17-24(22,23)12-6-4-3-5-7-12/h3-7,11,13-14,17H,8-10H2,1-2H3,(H,20,21)/t13-,14+/m1/s1. The number of carbonyl (C=O) groups is 2. The van der Waals surface area contributed by atoms with Gasteiger partial charge in [-0.15, -0.1) is 0 Å². The van der Waals surface area contributed by atoms with Gasteiger partial charge in [0.2, 0.25) is 15.9 Å². The molecule has 2 atom stereocenters. The first-order valence-electron chi connectivity index (χ1n) is 7.83. The molecule has 0 aliphatic carbocycles. The van der Waals surface area contributed by atoms with Crippen LogP contribution in [0, 0.1) is 5.92 Å². The van der Waals surface area contributed by atoms with Gasteiger partial charge in [-0.05, 0) is 30.9 Å². The molecule has 0 saturated carbocycles. The Balaban J connectivity index is 2.20. The van der Waals surface area contributed by atoms with Crippen molar-refractivity contribution in [2.75, 3.05) is 6.54 Å². The molecule has 1 amide bonds. The molecule has 8 heteroatoms. The molecule has 2 rings (SSSR count). The van der Waals surface area contributed by atoms with Gasteiger partial charge in [0.15, 0.2) is 0 Å². The molecule has 2 N–H and O–H groups in total. The number of sulfonamides is 1. The largest absolute Gasteiger partial charge is 0.480 e. The van der Waals surface area contributed by atoms with Crippen LogP contribution in [0.1, 0.15) is 26.7 Å². The lowest BCUT2D eigenvalue weighted by Gasteiger charge is -2.40. The highest BCUT2D eigenvalue weighted by Crippen LogP contribution is 2.21. The second kappa shape index (κ2) is 7.31. The fourth-order valence-electron chi connectivity index (χ4n) is 2.63. The van der Waals surface area contributed by atoms with Gasteiger partial charge in [0.05, 0.1) is 4.90 Å². The summed E-state index contributed by atoms with van der Waals surface area (Å²) in [6.07, 6.45) is 0.689. The van der Waals surface area contributed by atoms with Crippen LogP contribution in [0.5, 0.6) is 0 Å². The Morgan fingerprint density at radius 1 is 1.29 bits per heavy atom. The van der Waals surface area contributed by atoms with Crippen LogP contribution in [0.15, 0.2) is 35.2 Å². The Labute approximate surface area is 141 Å². The van der Waals surface area contributed by atoms with Crippen LogP contribution < -0.4 is 4.72 Å². The van der Waals surface area contributed by atoms with Gasteiger partial charge in [0.1, 0.15) is 12.1 Å². The van der Waals surface area contributed by atoms with Crippen molar-refractivity contribution >= 4 is 21.9 Å². The Hall–Kier alpha value is -1.93. The molecule has 1 aliphatic heterocycles. The number of carboxylic acids is 1. The zero-order valence-corrected chi connectivity index (χ0v) is 14.5. The SMILES string of the molecule is CC(C)C[C@@H](NS(=O)(=O)c1ccccc1)C(=O)N1CC[C@H]1C(=O)O. The van der Waals surface area contributed by atoms with Gasteiger partial charge in [0, 0.05) is 6.54 Å². The van der Waals surface area contributed by atoms with Gasteiger partial charge in [-0.1, -0.05) is 32.0 Å². The van der Waals surface area contributed by atoms with Gasteiger partial charge >= 0.3 is 5.97 Å². The third-order valence-electron chi connectivity index (χ3n) is 3.94. The van der Waals surface area contributed by atoms with Gasteiger partial charge in [-0.3, -0.25) is 4.79 Å². The number of rotatable bonds is 7. The number of hydrogen-bond donors (Lipinski definition) is 2.